The summed E-state index contributed by atoms with van der Waals surface area (Å²) in [6.45, 7) is 0. The second kappa shape index (κ2) is 3.35. The second-order valence-electron chi connectivity index (χ2n) is 4.67. The summed E-state index contributed by atoms with van der Waals surface area (Å²) in [5.74, 6) is 0.810. The quantitative estimate of drug-likeness (QED) is 0.762. The van der Waals surface area contributed by atoms with Crippen molar-refractivity contribution in [1.29, 1.82) is 0 Å². The summed E-state index contributed by atoms with van der Waals surface area (Å²) in [6, 6.07) is 12.3. The van der Waals surface area contributed by atoms with Crippen LogP contribution in [0.1, 0.15) is 5.56 Å². The number of amides is 1. The monoisotopic (exact) mass is 237 g/mol. The van der Waals surface area contributed by atoms with Crippen LogP contribution in [0.25, 0.3) is 10.8 Å². The van der Waals surface area contributed by atoms with Crippen molar-refractivity contribution in [1.82, 2.24) is 5.32 Å². The van der Waals surface area contributed by atoms with Crippen LogP contribution in [0.4, 0.5) is 0 Å². The third-order valence-corrected chi connectivity index (χ3v) is 3.55. The van der Waals surface area contributed by atoms with Gasteiger partial charge in [-0.15, -0.1) is 0 Å². The van der Waals surface area contributed by atoms with Crippen LogP contribution in [0.3, 0.4) is 0 Å². The highest BCUT2D eigenvalue weighted by atomic mass is 16.5. The number of fused-ring (bicyclic) bond motifs is 4. The van der Waals surface area contributed by atoms with Crippen molar-refractivity contribution in [3.63, 3.8) is 0 Å². The predicted octanol–water partition coefficient (Wildman–Crippen LogP) is 2.16. The molecule has 0 radical (unpaired) electrons. The van der Waals surface area contributed by atoms with Crippen molar-refractivity contribution in [3.05, 3.63) is 53.6 Å². The molecule has 2 heterocycles. The van der Waals surface area contributed by atoms with Crippen molar-refractivity contribution in [2.45, 2.75) is 12.6 Å². The van der Waals surface area contributed by atoms with Gasteiger partial charge in [0.05, 0.1) is 0 Å². The molecule has 2 aliphatic rings. The molecule has 0 bridgehead atoms. The molecule has 3 heteroatoms. The van der Waals surface area contributed by atoms with E-state index in [0.717, 1.165) is 17.7 Å². The minimum atomic E-state index is -0.272. The first kappa shape index (κ1) is 9.71. The van der Waals surface area contributed by atoms with Crippen molar-refractivity contribution >= 4 is 16.7 Å². The summed E-state index contributed by atoms with van der Waals surface area (Å²) in [7, 11) is 0. The molecule has 88 valence electrons. The molecule has 1 amide bonds. The zero-order chi connectivity index (χ0) is 12.1. The molecule has 0 spiro atoms. The van der Waals surface area contributed by atoms with Crippen LogP contribution in [0.5, 0.6) is 5.75 Å². The SMILES string of the molecule is O=C1C=C2Cc3c(ccc4ccccc34)OC2N1. The number of nitrogens with one attached hydrogen (secondary N) is 1. The molecule has 0 saturated carbocycles. The number of ether oxygens (including phenoxy) is 1. The van der Waals surface area contributed by atoms with Gasteiger partial charge in [-0.1, -0.05) is 30.3 Å². The number of benzene rings is 2. The summed E-state index contributed by atoms with van der Waals surface area (Å²) in [4.78, 5) is 11.4. The van der Waals surface area contributed by atoms with Gasteiger partial charge in [0.1, 0.15) is 5.75 Å². The molecule has 18 heavy (non-hydrogen) atoms. The smallest absolute Gasteiger partial charge is 0.247 e. The highest BCUT2D eigenvalue weighted by Crippen LogP contribution is 2.36. The summed E-state index contributed by atoms with van der Waals surface area (Å²) in [5.41, 5.74) is 2.19. The van der Waals surface area contributed by atoms with Gasteiger partial charge in [0.25, 0.3) is 0 Å². The Labute approximate surface area is 104 Å². The van der Waals surface area contributed by atoms with Crippen LogP contribution in [-0.4, -0.2) is 12.1 Å². The molecule has 1 atom stereocenters. The Balaban J connectivity index is 1.93. The fourth-order valence-electron chi connectivity index (χ4n) is 2.70. The minimum Gasteiger partial charge on any atom is -0.466 e. The highest BCUT2D eigenvalue weighted by Gasteiger charge is 2.31. The summed E-state index contributed by atoms with van der Waals surface area (Å²) in [6.07, 6.45) is 2.15. The Bertz CT molecular complexity index is 703. The average molecular weight is 237 g/mol. The largest absolute Gasteiger partial charge is 0.466 e. The van der Waals surface area contributed by atoms with Crippen LogP contribution in [0.2, 0.25) is 0 Å². The van der Waals surface area contributed by atoms with E-state index in [-0.39, 0.29) is 12.1 Å². The molecule has 0 fully saturated rings. The predicted molar refractivity (Wildman–Crippen MR) is 68.3 cm³/mol. The van der Waals surface area contributed by atoms with Gasteiger partial charge in [0.15, 0.2) is 6.23 Å². The maximum atomic E-state index is 11.4. The minimum absolute atomic E-state index is 0.0629. The number of carbonyl (C=O) groups excluding carboxylic acids is 1. The molecular weight excluding hydrogens is 226 g/mol. The second-order valence-corrected chi connectivity index (χ2v) is 4.67. The lowest BCUT2D eigenvalue weighted by molar-refractivity contribution is -0.117. The van der Waals surface area contributed by atoms with Gasteiger partial charge in [-0.3, -0.25) is 4.79 Å². The normalized spacial score (nSPS) is 20.8. The standard InChI is InChI=1S/C15H11NO2/c17-14-8-10-7-12-11-4-2-1-3-9(11)5-6-13(12)18-15(10)16-14/h1-6,8,15H,7H2,(H,16,17). The first-order valence-corrected chi connectivity index (χ1v) is 5.99. The summed E-state index contributed by atoms with van der Waals surface area (Å²) >= 11 is 0. The van der Waals surface area contributed by atoms with Crippen LogP contribution >= 0.6 is 0 Å². The van der Waals surface area contributed by atoms with E-state index in [1.54, 1.807) is 6.08 Å². The first-order valence-electron chi connectivity index (χ1n) is 5.99. The molecule has 2 aliphatic heterocycles. The molecule has 0 saturated heterocycles. The zero-order valence-corrected chi connectivity index (χ0v) is 9.64. The lowest BCUT2D eigenvalue weighted by atomic mass is 9.95. The number of carbonyl (C=O) groups is 1. The lowest BCUT2D eigenvalue weighted by Crippen LogP contribution is -2.36. The molecular formula is C15H11NO2. The van der Waals surface area contributed by atoms with Crippen LogP contribution in [0, 0.1) is 0 Å². The molecule has 2 aromatic carbocycles. The van der Waals surface area contributed by atoms with Crippen LogP contribution < -0.4 is 10.1 Å². The van der Waals surface area contributed by atoms with E-state index in [2.05, 4.69) is 23.5 Å². The van der Waals surface area contributed by atoms with E-state index in [1.165, 1.54) is 16.3 Å². The fraction of sp³-hybridized carbons (Fsp3) is 0.133. The Kier molecular flexibility index (Phi) is 1.81. The van der Waals surface area contributed by atoms with Crippen molar-refractivity contribution in [2.75, 3.05) is 0 Å². The van der Waals surface area contributed by atoms with E-state index in [9.17, 15) is 4.79 Å². The van der Waals surface area contributed by atoms with E-state index in [4.69, 9.17) is 4.74 Å². The molecule has 3 nitrogen and oxygen atoms in total. The van der Waals surface area contributed by atoms with Gasteiger partial charge in [-0.05, 0) is 16.8 Å². The molecule has 1 unspecified atom stereocenters. The Hall–Kier alpha value is -2.29. The van der Waals surface area contributed by atoms with E-state index >= 15 is 0 Å². The van der Waals surface area contributed by atoms with E-state index in [1.807, 2.05) is 18.2 Å². The topological polar surface area (TPSA) is 38.3 Å². The molecule has 1 N–H and O–H groups in total. The van der Waals surface area contributed by atoms with Gasteiger partial charge in [-0.2, -0.15) is 0 Å². The summed E-state index contributed by atoms with van der Waals surface area (Å²) in [5, 5.41) is 5.20. The molecule has 4 rings (SSSR count). The van der Waals surface area contributed by atoms with Crippen LogP contribution in [0.15, 0.2) is 48.0 Å². The number of hydrogen-bond donors (Lipinski definition) is 1. The third kappa shape index (κ3) is 1.27. The number of hydrogen-bond acceptors (Lipinski definition) is 2. The Morgan fingerprint density at radius 1 is 1.17 bits per heavy atom. The van der Waals surface area contributed by atoms with Gasteiger partial charge < -0.3 is 10.1 Å². The van der Waals surface area contributed by atoms with Crippen LogP contribution in [-0.2, 0) is 11.2 Å². The van der Waals surface area contributed by atoms with Gasteiger partial charge in [-0.25, -0.2) is 0 Å². The highest BCUT2D eigenvalue weighted by molar-refractivity contribution is 5.93. The Morgan fingerprint density at radius 2 is 2.06 bits per heavy atom. The average Bonchev–Trinajstić information content (AvgIpc) is 2.75. The third-order valence-electron chi connectivity index (χ3n) is 3.55. The van der Waals surface area contributed by atoms with E-state index in [0.29, 0.717) is 0 Å². The summed E-state index contributed by atoms with van der Waals surface area (Å²) < 4.78 is 5.83. The number of rotatable bonds is 0. The van der Waals surface area contributed by atoms with Gasteiger partial charge in [0, 0.05) is 23.6 Å². The Morgan fingerprint density at radius 3 is 3.00 bits per heavy atom. The van der Waals surface area contributed by atoms with Crippen molar-refractivity contribution in [3.8, 4) is 5.75 Å². The first-order chi connectivity index (χ1) is 8.81. The van der Waals surface area contributed by atoms with Crippen molar-refractivity contribution in [2.24, 2.45) is 0 Å². The lowest BCUT2D eigenvalue weighted by Gasteiger charge is -2.26. The van der Waals surface area contributed by atoms with E-state index < -0.39 is 0 Å². The maximum Gasteiger partial charge on any atom is 0.247 e. The van der Waals surface area contributed by atoms with Gasteiger partial charge >= 0.3 is 0 Å². The van der Waals surface area contributed by atoms with Gasteiger partial charge in [0.2, 0.25) is 5.91 Å². The molecule has 2 aromatic rings. The molecule has 0 aromatic heterocycles. The zero-order valence-electron chi connectivity index (χ0n) is 9.64. The molecule has 0 aliphatic carbocycles. The fourth-order valence-corrected chi connectivity index (χ4v) is 2.70. The maximum absolute atomic E-state index is 11.4. The van der Waals surface area contributed by atoms with Crippen molar-refractivity contribution < 1.29 is 9.53 Å².